The van der Waals surface area contributed by atoms with Crippen LogP contribution in [-0.2, 0) is 0 Å². The van der Waals surface area contributed by atoms with Gasteiger partial charge in [0.05, 0.1) is 8.41 Å². The Morgan fingerprint density at radius 2 is 1.00 bits per heavy atom. The van der Waals surface area contributed by atoms with Crippen molar-refractivity contribution < 1.29 is 0 Å². The third-order valence-corrected chi connectivity index (χ3v) is 4.86. The second kappa shape index (κ2) is 4.58. The van der Waals surface area contributed by atoms with Crippen LogP contribution >= 0.6 is 0 Å². The fourth-order valence-electron chi connectivity index (χ4n) is 1.68. The van der Waals surface area contributed by atoms with Gasteiger partial charge in [0, 0.05) is 0 Å². The normalized spacial score (nSPS) is 10.1. The van der Waals surface area contributed by atoms with Crippen LogP contribution < -0.4 is 10.4 Å². The quantitative estimate of drug-likeness (QED) is 0.684. The van der Waals surface area contributed by atoms with E-state index < -0.39 is 8.41 Å². The zero-order chi connectivity index (χ0) is 11.5. The monoisotopic (exact) mass is 224 g/mol. The van der Waals surface area contributed by atoms with Gasteiger partial charge in [-0.05, 0) is 24.2 Å². The third-order valence-electron chi connectivity index (χ3n) is 2.80. The van der Waals surface area contributed by atoms with Crippen LogP contribution in [-0.4, -0.2) is 14.6 Å². The van der Waals surface area contributed by atoms with Crippen molar-refractivity contribution in [1.29, 1.82) is 0 Å². The standard InChI is InChI=1S/C15H16Si/c1-12-4-8-14(9-5-12)16(3)15-10-6-13(2)7-11-15/h4-11H,3H2,1-2H3. The minimum atomic E-state index is -0.828. The zero-order valence-electron chi connectivity index (χ0n) is 9.83. The molecular weight excluding hydrogens is 208 g/mol. The summed E-state index contributed by atoms with van der Waals surface area (Å²) in [5, 5.41) is 2.75. The summed E-state index contributed by atoms with van der Waals surface area (Å²) in [4.78, 5) is 0. The summed E-state index contributed by atoms with van der Waals surface area (Å²) in [6.45, 7) is 4.23. The van der Waals surface area contributed by atoms with E-state index in [2.05, 4.69) is 68.6 Å². The molecule has 0 saturated heterocycles. The highest BCUT2D eigenvalue weighted by Gasteiger charge is 2.02. The Bertz CT molecular complexity index is 444. The average Bonchev–Trinajstić information content (AvgIpc) is 2.30. The summed E-state index contributed by atoms with van der Waals surface area (Å²) in [7, 11) is -0.828. The highest BCUT2D eigenvalue weighted by molar-refractivity contribution is 6.86. The largest absolute Gasteiger partial charge is 0.110 e. The molecule has 80 valence electrons. The van der Waals surface area contributed by atoms with Gasteiger partial charge in [-0.2, -0.15) is 0 Å². The second-order valence-electron chi connectivity index (χ2n) is 4.21. The Labute approximate surface area is 98.8 Å². The van der Waals surface area contributed by atoms with E-state index in [9.17, 15) is 0 Å². The number of hydrogen-bond donors (Lipinski definition) is 0. The van der Waals surface area contributed by atoms with Crippen molar-refractivity contribution in [3.63, 3.8) is 0 Å². The molecule has 0 spiro atoms. The molecule has 0 amide bonds. The molecule has 2 aromatic carbocycles. The molecule has 2 rings (SSSR count). The second-order valence-corrected chi connectivity index (χ2v) is 6.32. The molecule has 0 saturated carbocycles. The van der Waals surface area contributed by atoms with Gasteiger partial charge in [-0.1, -0.05) is 59.7 Å². The van der Waals surface area contributed by atoms with E-state index in [1.807, 2.05) is 0 Å². The predicted octanol–water partition coefficient (Wildman–Crippen LogP) is 1.93. The molecule has 0 fully saturated rings. The van der Waals surface area contributed by atoms with Crippen LogP contribution in [0, 0.1) is 13.8 Å². The van der Waals surface area contributed by atoms with Gasteiger partial charge in [-0.3, -0.25) is 0 Å². The summed E-state index contributed by atoms with van der Waals surface area (Å²) in [5.41, 5.74) is 2.62. The maximum absolute atomic E-state index is 4.34. The minimum absolute atomic E-state index is 0.828. The fourth-order valence-corrected chi connectivity index (χ4v) is 3.15. The molecule has 0 aromatic heterocycles. The van der Waals surface area contributed by atoms with Crippen molar-refractivity contribution >= 4 is 25.0 Å². The summed E-state index contributed by atoms with van der Waals surface area (Å²) in [5.74, 6) is 0. The van der Waals surface area contributed by atoms with Crippen LogP contribution in [0.4, 0.5) is 0 Å². The summed E-state index contributed by atoms with van der Waals surface area (Å²) in [6.07, 6.45) is 4.34. The van der Waals surface area contributed by atoms with Crippen molar-refractivity contribution in [1.82, 2.24) is 0 Å². The first-order chi connectivity index (χ1) is 7.66. The van der Waals surface area contributed by atoms with Gasteiger partial charge in [0.1, 0.15) is 0 Å². The Kier molecular flexibility index (Phi) is 3.16. The summed E-state index contributed by atoms with van der Waals surface area (Å²) < 4.78 is 0. The molecule has 0 aliphatic heterocycles. The van der Waals surface area contributed by atoms with Crippen molar-refractivity contribution in [3.05, 3.63) is 59.7 Å². The topological polar surface area (TPSA) is 0 Å². The average molecular weight is 224 g/mol. The molecule has 0 nitrogen and oxygen atoms in total. The van der Waals surface area contributed by atoms with E-state index in [1.54, 1.807) is 0 Å². The zero-order valence-corrected chi connectivity index (χ0v) is 10.8. The van der Waals surface area contributed by atoms with Crippen LogP contribution in [0.1, 0.15) is 11.1 Å². The van der Waals surface area contributed by atoms with E-state index in [0.717, 1.165) is 0 Å². The molecule has 0 bridgehead atoms. The lowest BCUT2D eigenvalue weighted by molar-refractivity contribution is 1.48. The molecule has 0 aliphatic carbocycles. The summed E-state index contributed by atoms with van der Waals surface area (Å²) >= 11 is 0. The number of hydrogen-bond acceptors (Lipinski definition) is 0. The first-order valence-electron chi connectivity index (χ1n) is 5.50. The van der Waals surface area contributed by atoms with E-state index >= 15 is 0 Å². The van der Waals surface area contributed by atoms with Gasteiger partial charge in [0.25, 0.3) is 0 Å². The van der Waals surface area contributed by atoms with Crippen molar-refractivity contribution in [2.24, 2.45) is 0 Å². The van der Waals surface area contributed by atoms with Crippen LogP contribution in [0.2, 0.25) is 0 Å². The van der Waals surface area contributed by atoms with Crippen molar-refractivity contribution in [2.45, 2.75) is 13.8 Å². The Morgan fingerprint density at radius 3 is 1.31 bits per heavy atom. The van der Waals surface area contributed by atoms with E-state index in [-0.39, 0.29) is 0 Å². The van der Waals surface area contributed by atoms with E-state index in [4.69, 9.17) is 0 Å². The van der Waals surface area contributed by atoms with Gasteiger partial charge in [0.2, 0.25) is 0 Å². The van der Waals surface area contributed by atoms with Gasteiger partial charge in [-0.25, -0.2) is 0 Å². The first kappa shape index (κ1) is 11.0. The van der Waals surface area contributed by atoms with Crippen LogP contribution in [0.15, 0.2) is 48.5 Å². The third kappa shape index (κ3) is 2.37. The lowest BCUT2D eigenvalue weighted by Gasteiger charge is -2.06. The van der Waals surface area contributed by atoms with Crippen LogP contribution in [0.25, 0.3) is 0 Å². The lowest BCUT2D eigenvalue weighted by Crippen LogP contribution is -2.34. The number of benzene rings is 2. The molecule has 0 N–H and O–H groups in total. The van der Waals surface area contributed by atoms with Crippen LogP contribution in [0.5, 0.6) is 0 Å². The SMILES string of the molecule is C=[Si](c1ccc(C)cc1)c1ccc(C)cc1. The highest BCUT2D eigenvalue weighted by Crippen LogP contribution is 1.95. The molecule has 2 aromatic rings. The molecule has 0 aliphatic rings. The molecule has 0 unspecified atom stereocenters. The maximum Gasteiger partial charge on any atom is 0.0727 e. The molecule has 0 radical (unpaired) electrons. The molecular formula is C15H16Si. The molecule has 16 heavy (non-hydrogen) atoms. The Morgan fingerprint density at radius 1 is 0.688 bits per heavy atom. The summed E-state index contributed by atoms with van der Waals surface area (Å²) in [6, 6.07) is 17.5. The van der Waals surface area contributed by atoms with Gasteiger partial charge >= 0.3 is 0 Å². The Hall–Kier alpha value is -1.47. The van der Waals surface area contributed by atoms with E-state index in [1.165, 1.54) is 21.5 Å². The van der Waals surface area contributed by atoms with E-state index in [0.29, 0.717) is 0 Å². The van der Waals surface area contributed by atoms with Gasteiger partial charge in [0.15, 0.2) is 0 Å². The predicted molar refractivity (Wildman–Crippen MR) is 74.5 cm³/mol. The van der Waals surface area contributed by atoms with Crippen molar-refractivity contribution in [2.75, 3.05) is 0 Å². The molecule has 0 atom stereocenters. The Balaban J connectivity index is 2.32. The first-order valence-corrected chi connectivity index (χ1v) is 7.20. The smallest absolute Gasteiger partial charge is 0.0727 e. The number of aryl methyl sites for hydroxylation is 2. The molecule has 1 heteroatoms. The highest BCUT2D eigenvalue weighted by atomic mass is 28.2. The fraction of sp³-hybridized carbons (Fsp3) is 0.133. The van der Waals surface area contributed by atoms with Gasteiger partial charge in [-0.15, -0.1) is 6.17 Å². The van der Waals surface area contributed by atoms with Crippen LogP contribution in [0.3, 0.4) is 0 Å². The van der Waals surface area contributed by atoms with Gasteiger partial charge < -0.3 is 0 Å². The van der Waals surface area contributed by atoms with Crippen molar-refractivity contribution in [3.8, 4) is 0 Å². The lowest BCUT2D eigenvalue weighted by atomic mass is 10.2. The minimum Gasteiger partial charge on any atom is -0.110 e. The maximum atomic E-state index is 4.34. The molecule has 0 heterocycles. The number of rotatable bonds is 2.